The van der Waals surface area contributed by atoms with Crippen LogP contribution in [0, 0.1) is 0 Å². The third kappa shape index (κ3) is 3.60. The normalized spacial score (nSPS) is 16.4. The number of carbonyl (C=O) groups excluding carboxylic acids is 1. The zero-order valence-electron chi connectivity index (χ0n) is 13.8. The molecule has 0 saturated heterocycles. The zero-order chi connectivity index (χ0) is 17.1. The van der Waals surface area contributed by atoms with Gasteiger partial charge in [0.25, 0.3) is 0 Å². The van der Waals surface area contributed by atoms with E-state index in [0.29, 0.717) is 24.6 Å². The minimum Gasteiger partial charge on any atom is -0.421 e. The lowest BCUT2D eigenvalue weighted by molar-refractivity contribution is -0.122. The third-order valence-electron chi connectivity index (χ3n) is 4.35. The first-order valence-corrected chi connectivity index (χ1v) is 8.45. The van der Waals surface area contributed by atoms with Gasteiger partial charge in [0.1, 0.15) is 5.82 Å². The van der Waals surface area contributed by atoms with Crippen molar-refractivity contribution in [1.82, 2.24) is 25.1 Å². The Balaban J connectivity index is 1.29. The van der Waals surface area contributed by atoms with Crippen LogP contribution in [-0.4, -0.2) is 31.7 Å². The Bertz CT molecular complexity index is 855. The van der Waals surface area contributed by atoms with Crippen LogP contribution in [0.5, 0.6) is 0 Å². The highest BCUT2D eigenvalue weighted by molar-refractivity contribution is 5.76. The molecule has 1 aromatic carbocycles. The zero-order valence-corrected chi connectivity index (χ0v) is 13.8. The smallest absolute Gasteiger partial charge is 0.247 e. The van der Waals surface area contributed by atoms with E-state index in [-0.39, 0.29) is 11.9 Å². The van der Waals surface area contributed by atoms with Gasteiger partial charge in [-0.05, 0) is 18.6 Å². The molecule has 0 aliphatic carbocycles. The predicted octanol–water partition coefficient (Wildman–Crippen LogP) is 2.00. The molecule has 25 heavy (non-hydrogen) atoms. The predicted molar refractivity (Wildman–Crippen MR) is 90.5 cm³/mol. The van der Waals surface area contributed by atoms with Crippen LogP contribution in [0.15, 0.2) is 47.1 Å². The summed E-state index contributed by atoms with van der Waals surface area (Å²) >= 11 is 0. The van der Waals surface area contributed by atoms with E-state index >= 15 is 0 Å². The number of nitrogens with one attached hydrogen (secondary N) is 1. The van der Waals surface area contributed by atoms with Crippen LogP contribution in [0.4, 0.5) is 0 Å². The highest BCUT2D eigenvalue weighted by Crippen LogP contribution is 2.17. The van der Waals surface area contributed by atoms with E-state index in [1.54, 1.807) is 6.20 Å². The molecule has 0 radical (unpaired) electrons. The highest BCUT2D eigenvalue weighted by Gasteiger charge is 2.20. The van der Waals surface area contributed by atoms with Crippen molar-refractivity contribution in [2.75, 3.05) is 0 Å². The second-order valence-corrected chi connectivity index (χ2v) is 6.17. The molecule has 2 aromatic heterocycles. The van der Waals surface area contributed by atoms with E-state index in [2.05, 4.69) is 25.1 Å². The molecule has 128 valence electrons. The van der Waals surface area contributed by atoms with Crippen LogP contribution in [0.2, 0.25) is 0 Å². The Morgan fingerprint density at radius 1 is 1.28 bits per heavy atom. The fourth-order valence-corrected chi connectivity index (χ4v) is 3.06. The van der Waals surface area contributed by atoms with Gasteiger partial charge in [-0.2, -0.15) is 0 Å². The van der Waals surface area contributed by atoms with E-state index in [1.807, 2.05) is 36.5 Å². The minimum absolute atomic E-state index is 0.00743. The molecule has 7 nitrogen and oxygen atoms in total. The van der Waals surface area contributed by atoms with Crippen LogP contribution < -0.4 is 5.32 Å². The number of hydrogen-bond acceptors (Lipinski definition) is 5. The summed E-state index contributed by atoms with van der Waals surface area (Å²) in [6.45, 7) is 0.778. The number of fused-ring (bicyclic) bond motifs is 1. The van der Waals surface area contributed by atoms with Crippen LogP contribution in [0.1, 0.15) is 24.6 Å². The Morgan fingerprint density at radius 2 is 2.16 bits per heavy atom. The molecule has 1 N–H and O–H groups in total. The van der Waals surface area contributed by atoms with Crippen molar-refractivity contribution in [1.29, 1.82) is 0 Å². The third-order valence-corrected chi connectivity index (χ3v) is 4.35. The Morgan fingerprint density at radius 3 is 3.04 bits per heavy atom. The van der Waals surface area contributed by atoms with Crippen molar-refractivity contribution in [2.24, 2.45) is 0 Å². The summed E-state index contributed by atoms with van der Waals surface area (Å²) in [6.07, 6.45) is 6.35. The lowest BCUT2D eigenvalue weighted by Crippen LogP contribution is -2.41. The van der Waals surface area contributed by atoms with Crippen molar-refractivity contribution >= 4 is 5.91 Å². The van der Waals surface area contributed by atoms with Crippen LogP contribution in [-0.2, 0) is 24.2 Å². The van der Waals surface area contributed by atoms with Crippen molar-refractivity contribution < 1.29 is 9.21 Å². The van der Waals surface area contributed by atoms with Crippen LogP contribution in [0.3, 0.4) is 0 Å². The number of benzene rings is 1. The first-order chi connectivity index (χ1) is 12.3. The molecule has 4 rings (SSSR count). The first-order valence-electron chi connectivity index (χ1n) is 8.45. The Kier molecular flexibility index (Phi) is 4.28. The summed E-state index contributed by atoms with van der Waals surface area (Å²) in [7, 11) is 0. The standard InChI is InChI=1S/C18H19N5O2/c24-16(20-14-6-7-15-19-10-11-23(15)12-14)8-9-17-21-22-18(25-17)13-4-2-1-3-5-13/h1-5,10-11,14H,6-9,12H2,(H,20,24)/t14-/m0/s1. The van der Waals surface area contributed by atoms with Crippen LogP contribution in [0.25, 0.3) is 11.5 Å². The van der Waals surface area contributed by atoms with Gasteiger partial charge >= 0.3 is 0 Å². The van der Waals surface area contributed by atoms with E-state index in [0.717, 1.165) is 30.8 Å². The molecular weight excluding hydrogens is 318 g/mol. The molecule has 0 fully saturated rings. The molecule has 0 saturated carbocycles. The number of rotatable bonds is 5. The van der Waals surface area contributed by atoms with Crippen LogP contribution >= 0.6 is 0 Å². The topological polar surface area (TPSA) is 85.8 Å². The SMILES string of the molecule is O=C(CCc1nnc(-c2ccccc2)o1)N[C@H]1CCc2nccn2C1. The van der Waals surface area contributed by atoms with E-state index in [4.69, 9.17) is 4.42 Å². The highest BCUT2D eigenvalue weighted by atomic mass is 16.4. The Labute approximate surface area is 145 Å². The second-order valence-electron chi connectivity index (χ2n) is 6.17. The maximum Gasteiger partial charge on any atom is 0.247 e. The van der Waals surface area contributed by atoms with Crippen molar-refractivity contribution in [2.45, 2.75) is 38.3 Å². The molecule has 0 spiro atoms. The number of amides is 1. The fourth-order valence-electron chi connectivity index (χ4n) is 3.06. The van der Waals surface area contributed by atoms with Gasteiger partial charge in [0.15, 0.2) is 0 Å². The first kappa shape index (κ1) is 15.6. The molecule has 0 unspecified atom stereocenters. The van der Waals surface area contributed by atoms with Crippen molar-refractivity contribution in [3.63, 3.8) is 0 Å². The molecule has 0 bridgehead atoms. The van der Waals surface area contributed by atoms with Gasteiger partial charge in [-0.3, -0.25) is 4.79 Å². The lowest BCUT2D eigenvalue weighted by atomic mass is 10.1. The van der Waals surface area contributed by atoms with E-state index in [9.17, 15) is 4.79 Å². The number of carbonyl (C=O) groups is 1. The number of aromatic nitrogens is 4. The van der Waals surface area contributed by atoms with Crippen molar-refractivity contribution in [3.8, 4) is 11.5 Å². The molecule has 1 amide bonds. The monoisotopic (exact) mass is 337 g/mol. The van der Waals surface area contributed by atoms with Gasteiger partial charge in [0.05, 0.1) is 0 Å². The fraction of sp³-hybridized carbons (Fsp3) is 0.333. The summed E-state index contributed by atoms with van der Waals surface area (Å²) in [5.41, 5.74) is 0.879. The van der Waals surface area contributed by atoms with Gasteiger partial charge in [-0.25, -0.2) is 4.98 Å². The number of hydrogen-bond donors (Lipinski definition) is 1. The number of nitrogens with zero attached hydrogens (tertiary/aromatic N) is 4. The maximum absolute atomic E-state index is 12.2. The van der Waals surface area contributed by atoms with Gasteiger partial charge in [-0.1, -0.05) is 18.2 Å². The van der Waals surface area contributed by atoms with Gasteiger partial charge in [0.2, 0.25) is 17.7 Å². The van der Waals surface area contributed by atoms with Crippen molar-refractivity contribution in [3.05, 3.63) is 54.4 Å². The van der Waals surface area contributed by atoms with Gasteiger partial charge in [0, 0.05) is 49.8 Å². The second kappa shape index (κ2) is 6.88. The minimum atomic E-state index is 0.00743. The number of aryl methyl sites for hydroxylation is 2. The Hall–Kier alpha value is -2.96. The summed E-state index contributed by atoms with van der Waals surface area (Å²) in [6, 6.07) is 9.75. The number of imidazole rings is 1. The van der Waals surface area contributed by atoms with Gasteiger partial charge < -0.3 is 14.3 Å². The quantitative estimate of drug-likeness (QED) is 0.769. The molecule has 3 aromatic rings. The largest absolute Gasteiger partial charge is 0.421 e. The molecular formula is C18H19N5O2. The summed E-state index contributed by atoms with van der Waals surface area (Å²) in [5, 5.41) is 11.1. The van der Waals surface area contributed by atoms with E-state index < -0.39 is 0 Å². The summed E-state index contributed by atoms with van der Waals surface area (Å²) in [4.78, 5) is 16.5. The molecule has 1 atom stereocenters. The summed E-state index contributed by atoms with van der Waals surface area (Å²) < 4.78 is 7.73. The van der Waals surface area contributed by atoms with Gasteiger partial charge in [-0.15, -0.1) is 10.2 Å². The molecule has 7 heteroatoms. The molecule has 3 heterocycles. The molecule has 1 aliphatic heterocycles. The van der Waals surface area contributed by atoms with E-state index in [1.165, 1.54) is 0 Å². The molecule has 1 aliphatic rings. The average molecular weight is 337 g/mol. The maximum atomic E-state index is 12.2. The lowest BCUT2D eigenvalue weighted by Gasteiger charge is -2.24. The average Bonchev–Trinajstić information content (AvgIpc) is 3.30. The summed E-state index contributed by atoms with van der Waals surface area (Å²) in [5.74, 6) is 2.06.